The highest BCUT2D eigenvalue weighted by Gasteiger charge is 2.09. The first-order chi connectivity index (χ1) is 9.56. The fourth-order valence-electron chi connectivity index (χ4n) is 1.31. The van der Waals surface area contributed by atoms with E-state index >= 15 is 0 Å². The molecule has 2 rings (SSSR count). The summed E-state index contributed by atoms with van der Waals surface area (Å²) in [5, 5.41) is 20.0. The molecule has 0 unspecified atom stereocenters. The number of carbonyl (C=O) groups is 1. The largest absolute Gasteiger partial charge is 0.366 e. The van der Waals surface area contributed by atoms with E-state index in [9.17, 15) is 14.9 Å². The van der Waals surface area contributed by atoms with Crippen LogP contribution in [0.2, 0.25) is 0 Å². The number of nitro groups is 1. The van der Waals surface area contributed by atoms with Crippen LogP contribution in [0.15, 0.2) is 29.4 Å². The van der Waals surface area contributed by atoms with Crippen molar-refractivity contribution in [1.82, 2.24) is 20.6 Å². The molecule has 0 saturated heterocycles. The van der Waals surface area contributed by atoms with Crippen LogP contribution in [-0.2, 0) is 0 Å². The van der Waals surface area contributed by atoms with Gasteiger partial charge in [-0.25, -0.2) is 5.43 Å². The molecule has 1 heterocycles. The van der Waals surface area contributed by atoms with Gasteiger partial charge in [-0.3, -0.25) is 20.0 Å². The summed E-state index contributed by atoms with van der Waals surface area (Å²) < 4.78 is 0. The smallest absolute Gasteiger partial charge is 0.308 e. The highest BCUT2D eigenvalue weighted by molar-refractivity contribution is 5.91. The van der Waals surface area contributed by atoms with Crippen molar-refractivity contribution < 1.29 is 9.72 Å². The molecule has 0 bridgehead atoms. The lowest BCUT2D eigenvalue weighted by molar-refractivity contribution is -0.384. The molecule has 0 saturated carbocycles. The van der Waals surface area contributed by atoms with Crippen molar-refractivity contribution in [2.24, 2.45) is 5.10 Å². The van der Waals surface area contributed by atoms with Gasteiger partial charge in [0.25, 0.3) is 5.69 Å². The van der Waals surface area contributed by atoms with Gasteiger partial charge in [0.2, 0.25) is 11.8 Å². The predicted octanol–water partition coefficient (Wildman–Crippen LogP) is 0.0590. The van der Waals surface area contributed by atoms with Crippen molar-refractivity contribution in [2.45, 2.75) is 0 Å². The second-order valence-electron chi connectivity index (χ2n) is 3.59. The SMILES string of the molecule is Nc1n[nH]c(C(=O)N/N=C\c2cccc([N+](=O)[O-])c2)n1. The Hall–Kier alpha value is -3.30. The summed E-state index contributed by atoms with van der Waals surface area (Å²) in [7, 11) is 0. The molecule has 0 aliphatic heterocycles. The lowest BCUT2D eigenvalue weighted by Gasteiger charge is -1.95. The zero-order valence-electron chi connectivity index (χ0n) is 9.98. The van der Waals surface area contributed by atoms with Gasteiger partial charge in [0.15, 0.2) is 0 Å². The van der Waals surface area contributed by atoms with E-state index in [1.54, 1.807) is 6.07 Å². The molecule has 0 aliphatic rings. The number of nitrogens with two attached hydrogens (primary N) is 1. The Bertz CT molecular complexity index is 679. The maximum Gasteiger partial charge on any atom is 0.308 e. The maximum absolute atomic E-state index is 11.5. The van der Waals surface area contributed by atoms with E-state index < -0.39 is 10.8 Å². The topological polar surface area (TPSA) is 152 Å². The molecule has 0 spiro atoms. The van der Waals surface area contributed by atoms with Gasteiger partial charge in [0.1, 0.15) is 0 Å². The number of H-pyrrole nitrogens is 1. The summed E-state index contributed by atoms with van der Waals surface area (Å²) in [6.07, 6.45) is 1.27. The molecule has 0 fully saturated rings. The van der Waals surface area contributed by atoms with E-state index in [0.717, 1.165) is 0 Å². The number of non-ortho nitro benzene ring substituents is 1. The van der Waals surface area contributed by atoms with Crippen LogP contribution in [0.4, 0.5) is 11.6 Å². The number of hydrazone groups is 1. The molecule has 1 aromatic heterocycles. The number of aromatic amines is 1. The van der Waals surface area contributed by atoms with Gasteiger partial charge in [-0.05, 0) is 0 Å². The average molecular weight is 275 g/mol. The highest BCUT2D eigenvalue weighted by atomic mass is 16.6. The van der Waals surface area contributed by atoms with E-state index in [4.69, 9.17) is 5.73 Å². The number of rotatable bonds is 4. The standard InChI is InChI=1S/C10H9N7O3/c11-10-13-8(14-16-10)9(18)15-12-5-6-2-1-3-7(4-6)17(19)20/h1-5H,(H,15,18)(H3,11,13,14,16)/b12-5-. The van der Waals surface area contributed by atoms with Crippen molar-refractivity contribution in [3.05, 3.63) is 45.8 Å². The van der Waals surface area contributed by atoms with Crippen molar-refractivity contribution >= 4 is 23.8 Å². The Morgan fingerprint density at radius 3 is 3.00 bits per heavy atom. The van der Waals surface area contributed by atoms with Gasteiger partial charge < -0.3 is 5.73 Å². The summed E-state index contributed by atoms with van der Waals surface area (Å²) in [6, 6.07) is 5.79. The molecule has 1 amide bonds. The molecular weight excluding hydrogens is 266 g/mol. The van der Waals surface area contributed by atoms with Crippen molar-refractivity contribution in [2.75, 3.05) is 5.73 Å². The molecule has 0 aliphatic carbocycles. The van der Waals surface area contributed by atoms with Crippen molar-refractivity contribution in [1.29, 1.82) is 0 Å². The third kappa shape index (κ3) is 3.13. The van der Waals surface area contributed by atoms with Crippen LogP contribution in [-0.4, -0.2) is 32.2 Å². The number of benzene rings is 1. The van der Waals surface area contributed by atoms with Gasteiger partial charge >= 0.3 is 5.91 Å². The van der Waals surface area contributed by atoms with Crippen molar-refractivity contribution in [3.63, 3.8) is 0 Å². The zero-order valence-corrected chi connectivity index (χ0v) is 9.98. The summed E-state index contributed by atoms with van der Waals surface area (Å²) in [6.45, 7) is 0. The Kier molecular flexibility index (Phi) is 3.65. The van der Waals surface area contributed by atoms with Crippen LogP contribution >= 0.6 is 0 Å². The minimum atomic E-state index is -0.629. The van der Waals surface area contributed by atoms with E-state index in [-0.39, 0.29) is 17.5 Å². The van der Waals surface area contributed by atoms with Crippen LogP contribution in [0, 0.1) is 10.1 Å². The average Bonchev–Trinajstić information content (AvgIpc) is 2.86. The summed E-state index contributed by atoms with van der Waals surface area (Å²) >= 11 is 0. The molecule has 10 nitrogen and oxygen atoms in total. The second kappa shape index (κ2) is 5.56. The minimum absolute atomic E-state index is 0.0576. The van der Waals surface area contributed by atoms with E-state index in [1.165, 1.54) is 24.4 Å². The monoisotopic (exact) mass is 275 g/mol. The molecule has 0 radical (unpaired) electrons. The second-order valence-corrected chi connectivity index (χ2v) is 3.59. The molecule has 2 aromatic rings. The first kappa shape index (κ1) is 13.1. The first-order valence-electron chi connectivity index (χ1n) is 5.32. The van der Waals surface area contributed by atoms with Crippen LogP contribution in [0.5, 0.6) is 0 Å². The van der Waals surface area contributed by atoms with Crippen LogP contribution < -0.4 is 11.2 Å². The highest BCUT2D eigenvalue weighted by Crippen LogP contribution is 2.11. The van der Waals surface area contributed by atoms with Gasteiger partial charge in [0, 0.05) is 17.7 Å². The zero-order chi connectivity index (χ0) is 14.5. The lowest BCUT2D eigenvalue weighted by Crippen LogP contribution is -2.19. The fourth-order valence-corrected chi connectivity index (χ4v) is 1.31. The molecular formula is C10H9N7O3. The molecule has 0 atom stereocenters. The number of amides is 1. The predicted molar refractivity (Wildman–Crippen MR) is 69.0 cm³/mol. The van der Waals surface area contributed by atoms with Crippen LogP contribution in [0.3, 0.4) is 0 Å². The number of aromatic nitrogens is 3. The van der Waals surface area contributed by atoms with Crippen molar-refractivity contribution in [3.8, 4) is 0 Å². The fraction of sp³-hybridized carbons (Fsp3) is 0. The van der Waals surface area contributed by atoms with Crippen LogP contribution in [0.1, 0.15) is 16.2 Å². The molecule has 1 aromatic carbocycles. The first-order valence-corrected chi connectivity index (χ1v) is 5.32. The van der Waals surface area contributed by atoms with E-state index in [2.05, 4.69) is 25.7 Å². The number of nitrogens with zero attached hydrogens (tertiary/aromatic N) is 4. The Morgan fingerprint density at radius 1 is 1.55 bits per heavy atom. The minimum Gasteiger partial charge on any atom is -0.366 e. The molecule has 20 heavy (non-hydrogen) atoms. The number of anilines is 1. The van der Waals surface area contributed by atoms with Crippen LogP contribution in [0.25, 0.3) is 0 Å². The number of hydrogen-bond donors (Lipinski definition) is 3. The summed E-state index contributed by atoms with van der Waals surface area (Å²) in [5.41, 5.74) is 7.83. The Labute approximate surface area is 111 Å². The van der Waals surface area contributed by atoms with E-state index in [0.29, 0.717) is 5.56 Å². The van der Waals surface area contributed by atoms with E-state index in [1.807, 2.05) is 0 Å². The van der Waals surface area contributed by atoms with Gasteiger partial charge in [-0.2, -0.15) is 10.1 Å². The number of nitrogen functional groups attached to an aromatic ring is 1. The van der Waals surface area contributed by atoms with Gasteiger partial charge in [0.05, 0.1) is 11.1 Å². The number of carbonyl (C=O) groups excluding carboxylic acids is 1. The normalized spacial score (nSPS) is 10.6. The third-order valence-corrected chi connectivity index (χ3v) is 2.18. The number of hydrogen-bond acceptors (Lipinski definition) is 7. The molecule has 10 heteroatoms. The molecule has 102 valence electrons. The quantitative estimate of drug-likeness (QED) is 0.407. The lowest BCUT2D eigenvalue weighted by atomic mass is 10.2. The Balaban J connectivity index is 2.01. The van der Waals surface area contributed by atoms with Gasteiger partial charge in [-0.15, -0.1) is 5.10 Å². The Morgan fingerprint density at radius 2 is 2.35 bits per heavy atom. The number of nitro benzene ring substituents is 1. The third-order valence-electron chi connectivity index (χ3n) is 2.18. The van der Waals surface area contributed by atoms with Gasteiger partial charge in [-0.1, -0.05) is 12.1 Å². The molecule has 4 N–H and O–H groups in total. The summed E-state index contributed by atoms with van der Waals surface area (Å²) in [5.74, 6) is -0.771. The summed E-state index contributed by atoms with van der Waals surface area (Å²) in [4.78, 5) is 25.2. The maximum atomic E-state index is 11.5. The number of nitrogens with one attached hydrogen (secondary N) is 2.